The number of ether oxygens (including phenoxy) is 1. The Balaban J connectivity index is 2.38. The van der Waals surface area contributed by atoms with Crippen molar-refractivity contribution in [1.82, 2.24) is 5.32 Å². The Labute approximate surface area is 119 Å². The fourth-order valence-corrected chi connectivity index (χ4v) is 1.62. The first-order valence-electron chi connectivity index (χ1n) is 6.51. The third kappa shape index (κ3) is 6.21. The van der Waals surface area contributed by atoms with Crippen molar-refractivity contribution < 1.29 is 9.53 Å². The largest absolute Gasteiger partial charge is 0.444 e. The number of hydrogen-bond acceptors (Lipinski definition) is 4. The SMILES string of the molecule is CC(C)(C)OC(=O)NCC(N)Cc1ccc(C#N)cc1. The van der Waals surface area contributed by atoms with E-state index in [4.69, 9.17) is 15.7 Å². The molecular weight excluding hydrogens is 254 g/mol. The molecule has 0 saturated heterocycles. The van der Waals surface area contributed by atoms with Gasteiger partial charge in [-0.1, -0.05) is 12.1 Å². The van der Waals surface area contributed by atoms with Crippen LogP contribution in [0.15, 0.2) is 24.3 Å². The molecule has 1 atom stereocenters. The molecule has 5 heteroatoms. The molecule has 0 aromatic heterocycles. The van der Waals surface area contributed by atoms with E-state index in [0.717, 1.165) is 5.56 Å². The summed E-state index contributed by atoms with van der Waals surface area (Å²) in [7, 11) is 0. The number of nitrogens with one attached hydrogen (secondary N) is 1. The van der Waals surface area contributed by atoms with E-state index in [-0.39, 0.29) is 6.04 Å². The minimum Gasteiger partial charge on any atom is -0.444 e. The Hall–Kier alpha value is -2.06. The number of hydrogen-bond donors (Lipinski definition) is 2. The molecule has 5 nitrogen and oxygen atoms in total. The van der Waals surface area contributed by atoms with Crippen molar-refractivity contribution in [2.45, 2.75) is 38.8 Å². The molecule has 0 aliphatic carbocycles. The molecule has 1 aromatic carbocycles. The van der Waals surface area contributed by atoms with E-state index in [1.54, 1.807) is 12.1 Å². The van der Waals surface area contributed by atoms with E-state index in [1.165, 1.54) is 0 Å². The molecule has 0 spiro atoms. The lowest BCUT2D eigenvalue weighted by atomic mass is 10.1. The molecule has 1 amide bonds. The molecule has 0 aliphatic rings. The van der Waals surface area contributed by atoms with E-state index < -0.39 is 11.7 Å². The maximum atomic E-state index is 11.5. The highest BCUT2D eigenvalue weighted by atomic mass is 16.6. The minimum atomic E-state index is -0.513. The lowest BCUT2D eigenvalue weighted by Gasteiger charge is -2.20. The number of carbonyl (C=O) groups excluding carboxylic acids is 1. The van der Waals surface area contributed by atoms with Crippen molar-refractivity contribution in [1.29, 1.82) is 5.26 Å². The van der Waals surface area contributed by atoms with Crippen LogP contribution in [0.2, 0.25) is 0 Å². The first-order valence-corrected chi connectivity index (χ1v) is 6.51. The number of alkyl carbamates (subject to hydrolysis) is 1. The van der Waals surface area contributed by atoms with Gasteiger partial charge in [0, 0.05) is 12.6 Å². The van der Waals surface area contributed by atoms with Gasteiger partial charge >= 0.3 is 6.09 Å². The van der Waals surface area contributed by atoms with Gasteiger partial charge in [-0.25, -0.2) is 4.79 Å². The van der Waals surface area contributed by atoms with Crippen molar-refractivity contribution in [3.05, 3.63) is 35.4 Å². The van der Waals surface area contributed by atoms with E-state index in [2.05, 4.69) is 11.4 Å². The normalized spacial score (nSPS) is 12.3. The van der Waals surface area contributed by atoms with Gasteiger partial charge in [-0.2, -0.15) is 5.26 Å². The van der Waals surface area contributed by atoms with E-state index in [9.17, 15) is 4.79 Å². The summed E-state index contributed by atoms with van der Waals surface area (Å²) in [5, 5.41) is 11.4. The quantitative estimate of drug-likeness (QED) is 0.879. The van der Waals surface area contributed by atoms with Crippen LogP contribution in [-0.4, -0.2) is 24.3 Å². The van der Waals surface area contributed by atoms with Crippen molar-refractivity contribution in [3.63, 3.8) is 0 Å². The van der Waals surface area contributed by atoms with Crippen LogP contribution in [-0.2, 0) is 11.2 Å². The Bertz CT molecular complexity index is 483. The van der Waals surface area contributed by atoms with Crippen LogP contribution in [0.3, 0.4) is 0 Å². The van der Waals surface area contributed by atoms with Gasteiger partial charge in [-0.3, -0.25) is 0 Å². The highest BCUT2D eigenvalue weighted by molar-refractivity contribution is 5.67. The molecule has 1 rings (SSSR count). The molecular formula is C15H21N3O2. The monoisotopic (exact) mass is 275 g/mol. The summed E-state index contributed by atoms with van der Waals surface area (Å²) in [6.45, 7) is 5.77. The lowest BCUT2D eigenvalue weighted by Crippen LogP contribution is -2.41. The summed E-state index contributed by atoms with van der Waals surface area (Å²) < 4.78 is 5.13. The minimum absolute atomic E-state index is 0.199. The standard InChI is InChI=1S/C15H21N3O2/c1-15(2,3)20-14(19)18-10-13(17)8-11-4-6-12(9-16)7-5-11/h4-7,13H,8,10,17H2,1-3H3,(H,18,19). The number of amides is 1. The summed E-state index contributed by atoms with van der Waals surface area (Å²) in [5.74, 6) is 0. The summed E-state index contributed by atoms with van der Waals surface area (Å²) in [6.07, 6.45) is 0.161. The number of nitriles is 1. The van der Waals surface area contributed by atoms with Gasteiger partial charge in [0.15, 0.2) is 0 Å². The van der Waals surface area contributed by atoms with Crippen molar-refractivity contribution in [3.8, 4) is 6.07 Å². The van der Waals surface area contributed by atoms with Crippen molar-refractivity contribution >= 4 is 6.09 Å². The molecule has 3 N–H and O–H groups in total. The van der Waals surface area contributed by atoms with Crippen molar-refractivity contribution in [2.24, 2.45) is 5.73 Å². The third-order valence-corrected chi connectivity index (χ3v) is 2.49. The van der Waals surface area contributed by atoms with Crippen LogP contribution in [0.5, 0.6) is 0 Å². The summed E-state index contributed by atoms with van der Waals surface area (Å²) in [6, 6.07) is 9.11. The van der Waals surface area contributed by atoms with Gasteiger partial charge < -0.3 is 15.8 Å². The first-order chi connectivity index (χ1) is 9.30. The number of benzene rings is 1. The van der Waals surface area contributed by atoms with Crippen molar-refractivity contribution in [2.75, 3.05) is 6.54 Å². The second-order valence-electron chi connectivity index (χ2n) is 5.66. The summed E-state index contributed by atoms with van der Waals surface area (Å²) in [4.78, 5) is 11.5. The third-order valence-electron chi connectivity index (χ3n) is 2.49. The Morgan fingerprint density at radius 2 is 2.00 bits per heavy atom. The Morgan fingerprint density at radius 1 is 1.40 bits per heavy atom. The van der Waals surface area contributed by atoms with Gasteiger partial charge in [0.1, 0.15) is 5.60 Å². The number of nitrogens with two attached hydrogens (primary N) is 1. The summed E-state index contributed by atoms with van der Waals surface area (Å²) >= 11 is 0. The fraction of sp³-hybridized carbons (Fsp3) is 0.467. The van der Waals surface area contributed by atoms with Crippen LogP contribution in [0, 0.1) is 11.3 Å². The molecule has 0 saturated carbocycles. The molecule has 0 radical (unpaired) electrons. The predicted molar refractivity (Wildman–Crippen MR) is 77.1 cm³/mol. The van der Waals surface area contributed by atoms with Gasteiger partial charge in [-0.15, -0.1) is 0 Å². The molecule has 0 aliphatic heterocycles. The number of nitrogens with zero attached hydrogens (tertiary/aromatic N) is 1. The molecule has 1 aromatic rings. The number of carbonyl (C=O) groups is 1. The topological polar surface area (TPSA) is 88.1 Å². The number of rotatable bonds is 4. The highest BCUT2D eigenvalue weighted by Crippen LogP contribution is 2.07. The fourth-order valence-electron chi connectivity index (χ4n) is 1.62. The lowest BCUT2D eigenvalue weighted by molar-refractivity contribution is 0.0524. The zero-order valence-electron chi connectivity index (χ0n) is 12.1. The molecule has 108 valence electrons. The molecule has 0 fully saturated rings. The van der Waals surface area contributed by atoms with Gasteiger partial charge in [0.25, 0.3) is 0 Å². The van der Waals surface area contributed by atoms with Crippen LogP contribution in [0.25, 0.3) is 0 Å². The maximum Gasteiger partial charge on any atom is 0.407 e. The smallest absolute Gasteiger partial charge is 0.407 e. The van der Waals surface area contributed by atoms with E-state index in [0.29, 0.717) is 18.5 Å². The summed E-state index contributed by atoms with van der Waals surface area (Å²) in [5.41, 5.74) is 7.09. The van der Waals surface area contributed by atoms with Gasteiger partial charge in [0.05, 0.1) is 11.6 Å². The highest BCUT2D eigenvalue weighted by Gasteiger charge is 2.16. The Morgan fingerprint density at radius 3 is 2.50 bits per heavy atom. The molecule has 0 bridgehead atoms. The molecule has 0 heterocycles. The van der Waals surface area contributed by atoms with Crippen LogP contribution in [0.4, 0.5) is 4.79 Å². The van der Waals surface area contributed by atoms with Crippen LogP contribution in [0.1, 0.15) is 31.9 Å². The van der Waals surface area contributed by atoms with Crippen LogP contribution >= 0.6 is 0 Å². The first kappa shape index (κ1) is 16.0. The van der Waals surface area contributed by atoms with E-state index >= 15 is 0 Å². The van der Waals surface area contributed by atoms with Crippen LogP contribution < -0.4 is 11.1 Å². The predicted octanol–water partition coefficient (Wildman–Crippen LogP) is 1.95. The average Bonchev–Trinajstić information content (AvgIpc) is 2.35. The molecule has 1 unspecified atom stereocenters. The van der Waals surface area contributed by atoms with Gasteiger partial charge in [-0.05, 0) is 44.9 Å². The molecule has 20 heavy (non-hydrogen) atoms. The maximum absolute atomic E-state index is 11.5. The van der Waals surface area contributed by atoms with E-state index in [1.807, 2.05) is 32.9 Å². The zero-order valence-corrected chi connectivity index (χ0v) is 12.1. The zero-order chi connectivity index (χ0) is 15.2. The Kier molecular flexibility index (Phi) is 5.53. The second-order valence-corrected chi connectivity index (χ2v) is 5.66. The second kappa shape index (κ2) is 6.92. The van der Waals surface area contributed by atoms with Gasteiger partial charge in [0.2, 0.25) is 0 Å². The average molecular weight is 275 g/mol.